The van der Waals surface area contributed by atoms with Gasteiger partial charge in [-0.25, -0.2) is 10.0 Å². The minimum absolute atomic E-state index is 0.236. The minimum Gasteiger partial charge on any atom is -0.497 e. The number of nitrogens with zero attached hydrogens (tertiary/aromatic N) is 2. The van der Waals surface area contributed by atoms with Crippen molar-refractivity contribution in [2.45, 2.75) is 6.18 Å². The summed E-state index contributed by atoms with van der Waals surface area (Å²) < 4.78 is 45.4. The lowest BCUT2D eigenvalue weighted by Crippen LogP contribution is -2.55. The molecule has 0 aliphatic rings. The quantitative estimate of drug-likeness (QED) is 0.604. The summed E-state index contributed by atoms with van der Waals surface area (Å²) in [5.41, 5.74) is 10.6. The third-order valence-corrected chi connectivity index (χ3v) is 3.72. The van der Waals surface area contributed by atoms with Crippen molar-refractivity contribution in [1.29, 1.82) is 0 Å². The Kier molecular flexibility index (Phi) is 5.88. The number of ether oxygens (including phenoxy) is 1. The molecule has 0 aliphatic heterocycles. The van der Waals surface area contributed by atoms with Gasteiger partial charge in [0.2, 0.25) is 0 Å². The molecule has 4 N–H and O–H groups in total. The van der Waals surface area contributed by atoms with Gasteiger partial charge >= 0.3 is 6.18 Å². The Balaban J connectivity index is 2.63. The SMILES string of the molecule is COc1ccc(N(C(N)=S)N(C(N)=S)c2ccccc2C(F)(F)F)cc1. The molecule has 0 fully saturated rings. The Hall–Kier alpha value is -2.59. The van der Waals surface area contributed by atoms with Crippen molar-refractivity contribution in [3.8, 4) is 5.75 Å². The third kappa shape index (κ3) is 4.14. The summed E-state index contributed by atoms with van der Waals surface area (Å²) in [7, 11) is 1.49. The Bertz CT molecular complexity index is 812. The summed E-state index contributed by atoms with van der Waals surface area (Å²) >= 11 is 10.0. The highest BCUT2D eigenvalue weighted by Gasteiger charge is 2.37. The van der Waals surface area contributed by atoms with E-state index in [2.05, 4.69) is 0 Å². The van der Waals surface area contributed by atoms with E-state index in [0.717, 1.165) is 16.1 Å². The second-order valence-electron chi connectivity index (χ2n) is 5.01. The molecule has 0 aliphatic carbocycles. The highest BCUT2D eigenvalue weighted by Crippen LogP contribution is 2.37. The van der Waals surface area contributed by atoms with Gasteiger partial charge in [-0.05, 0) is 60.8 Å². The Labute approximate surface area is 158 Å². The predicted molar refractivity (Wildman–Crippen MR) is 103 cm³/mol. The molecule has 0 aromatic heterocycles. The number of anilines is 2. The average molecular weight is 400 g/mol. The first kappa shape index (κ1) is 19.7. The van der Waals surface area contributed by atoms with Crippen LogP contribution in [0.1, 0.15) is 5.56 Å². The van der Waals surface area contributed by atoms with Crippen molar-refractivity contribution >= 4 is 46.0 Å². The van der Waals surface area contributed by atoms with Crippen LogP contribution in [0.2, 0.25) is 0 Å². The molecule has 10 heteroatoms. The van der Waals surface area contributed by atoms with E-state index in [-0.39, 0.29) is 15.9 Å². The van der Waals surface area contributed by atoms with E-state index in [1.807, 2.05) is 0 Å². The van der Waals surface area contributed by atoms with Gasteiger partial charge in [0.25, 0.3) is 0 Å². The first-order valence-corrected chi connectivity index (χ1v) is 7.97. The molecule has 2 aromatic rings. The Morgan fingerprint density at radius 1 is 0.923 bits per heavy atom. The maximum atomic E-state index is 13.4. The van der Waals surface area contributed by atoms with E-state index in [0.29, 0.717) is 11.4 Å². The van der Waals surface area contributed by atoms with Gasteiger partial charge in [0, 0.05) is 0 Å². The molecule has 0 unspecified atom stereocenters. The fraction of sp³-hybridized carbons (Fsp3) is 0.125. The van der Waals surface area contributed by atoms with Gasteiger partial charge in [-0.1, -0.05) is 12.1 Å². The van der Waals surface area contributed by atoms with E-state index >= 15 is 0 Å². The van der Waals surface area contributed by atoms with Crippen molar-refractivity contribution in [2.75, 3.05) is 17.1 Å². The Morgan fingerprint density at radius 2 is 1.46 bits per heavy atom. The molecule has 0 saturated heterocycles. The number of nitrogens with two attached hydrogens (primary N) is 2. The molecule has 2 aromatic carbocycles. The normalized spacial score (nSPS) is 10.9. The van der Waals surface area contributed by atoms with Crippen LogP contribution in [-0.2, 0) is 6.18 Å². The van der Waals surface area contributed by atoms with E-state index < -0.39 is 11.7 Å². The maximum absolute atomic E-state index is 13.4. The fourth-order valence-corrected chi connectivity index (χ4v) is 2.65. The molecule has 0 spiro atoms. The predicted octanol–water partition coefficient (Wildman–Crippen LogP) is 3.43. The molecule has 0 amide bonds. The fourth-order valence-electron chi connectivity index (χ4n) is 2.29. The molecule has 2 rings (SSSR count). The highest BCUT2D eigenvalue weighted by atomic mass is 32.1. The van der Waals surface area contributed by atoms with E-state index in [9.17, 15) is 13.2 Å². The van der Waals surface area contributed by atoms with Crippen LogP contribution in [0, 0.1) is 0 Å². The average Bonchev–Trinajstić information content (AvgIpc) is 2.58. The summed E-state index contributed by atoms with van der Waals surface area (Å²) in [4.78, 5) is 0. The third-order valence-electron chi connectivity index (χ3n) is 3.37. The molecule has 0 heterocycles. The lowest BCUT2D eigenvalue weighted by Gasteiger charge is -2.36. The second kappa shape index (κ2) is 7.75. The molecule has 0 radical (unpaired) electrons. The molecule has 5 nitrogen and oxygen atoms in total. The van der Waals surface area contributed by atoms with Crippen LogP contribution in [0.15, 0.2) is 48.5 Å². The monoisotopic (exact) mass is 400 g/mol. The van der Waals surface area contributed by atoms with Gasteiger partial charge < -0.3 is 16.2 Å². The standard InChI is InChI=1S/C16H15F3N4OS2/c1-24-11-8-6-10(7-9-11)22(14(20)25)23(15(21)26)13-5-3-2-4-12(13)16(17,18)19/h2-9H,1H3,(H2,20,25)(H2,21,26). The zero-order valence-electron chi connectivity index (χ0n) is 13.5. The molecule has 138 valence electrons. The maximum Gasteiger partial charge on any atom is 0.418 e. The lowest BCUT2D eigenvalue weighted by molar-refractivity contribution is -0.137. The number of hydrogen-bond donors (Lipinski definition) is 2. The highest BCUT2D eigenvalue weighted by molar-refractivity contribution is 7.81. The largest absolute Gasteiger partial charge is 0.497 e. The van der Waals surface area contributed by atoms with Crippen molar-refractivity contribution in [2.24, 2.45) is 11.5 Å². The van der Waals surface area contributed by atoms with Crippen molar-refractivity contribution in [3.63, 3.8) is 0 Å². The Morgan fingerprint density at radius 3 is 1.92 bits per heavy atom. The summed E-state index contributed by atoms with van der Waals surface area (Å²) in [6, 6.07) is 11.2. The molecular weight excluding hydrogens is 385 g/mol. The number of methoxy groups -OCH3 is 1. The molecule has 0 bridgehead atoms. The zero-order valence-corrected chi connectivity index (χ0v) is 15.2. The number of hydrogen-bond acceptors (Lipinski definition) is 3. The van der Waals surface area contributed by atoms with Crippen LogP contribution in [0.25, 0.3) is 0 Å². The number of benzene rings is 2. The van der Waals surface area contributed by atoms with Gasteiger partial charge in [0.05, 0.1) is 24.0 Å². The second-order valence-corrected chi connectivity index (χ2v) is 5.85. The zero-order chi connectivity index (χ0) is 19.5. The van der Waals surface area contributed by atoms with Crippen molar-refractivity contribution < 1.29 is 17.9 Å². The summed E-state index contributed by atoms with van der Waals surface area (Å²) in [6.07, 6.45) is -4.62. The van der Waals surface area contributed by atoms with Gasteiger partial charge in [-0.3, -0.25) is 0 Å². The number of para-hydroxylation sites is 1. The van der Waals surface area contributed by atoms with Crippen molar-refractivity contribution in [1.82, 2.24) is 0 Å². The van der Waals surface area contributed by atoms with Crippen LogP contribution in [0.3, 0.4) is 0 Å². The van der Waals surface area contributed by atoms with Gasteiger partial charge in [0.15, 0.2) is 10.2 Å². The topological polar surface area (TPSA) is 67.8 Å². The molecule has 0 saturated carbocycles. The first-order valence-electron chi connectivity index (χ1n) is 7.16. The number of alkyl halides is 3. The number of halogens is 3. The lowest BCUT2D eigenvalue weighted by atomic mass is 10.1. The smallest absolute Gasteiger partial charge is 0.418 e. The van der Waals surface area contributed by atoms with Gasteiger partial charge in [-0.15, -0.1) is 0 Å². The summed E-state index contributed by atoms with van der Waals surface area (Å²) in [6.45, 7) is 0. The molecular formula is C16H15F3N4OS2. The van der Waals surface area contributed by atoms with E-state index in [1.54, 1.807) is 24.3 Å². The van der Waals surface area contributed by atoms with Crippen LogP contribution in [-0.4, -0.2) is 17.3 Å². The van der Waals surface area contributed by atoms with E-state index in [1.165, 1.54) is 25.3 Å². The van der Waals surface area contributed by atoms with Gasteiger partial charge in [0.1, 0.15) is 5.75 Å². The summed E-state index contributed by atoms with van der Waals surface area (Å²) in [5, 5.41) is 1.48. The van der Waals surface area contributed by atoms with Crippen molar-refractivity contribution in [3.05, 3.63) is 54.1 Å². The summed E-state index contributed by atoms with van der Waals surface area (Å²) in [5.74, 6) is 0.550. The van der Waals surface area contributed by atoms with Gasteiger partial charge in [-0.2, -0.15) is 13.2 Å². The number of hydrazine groups is 1. The first-order chi connectivity index (χ1) is 12.2. The van der Waals surface area contributed by atoms with Crippen LogP contribution in [0.4, 0.5) is 24.5 Å². The number of thiocarbonyl (C=S) groups is 2. The van der Waals surface area contributed by atoms with Crippen LogP contribution >= 0.6 is 24.4 Å². The molecule has 26 heavy (non-hydrogen) atoms. The van der Waals surface area contributed by atoms with E-state index in [4.69, 9.17) is 40.6 Å². The van der Waals surface area contributed by atoms with Crippen LogP contribution < -0.4 is 26.2 Å². The number of rotatable bonds is 3. The van der Waals surface area contributed by atoms with Crippen LogP contribution in [0.5, 0.6) is 5.75 Å². The minimum atomic E-state index is -4.62. The molecule has 0 atom stereocenters.